The molecular weight excluding hydrogens is 316 g/mol. The van der Waals surface area contributed by atoms with Crippen LogP contribution in [-0.4, -0.2) is 30.9 Å². The predicted octanol–water partition coefficient (Wildman–Crippen LogP) is 2.24. The molecule has 6 heteroatoms. The summed E-state index contributed by atoms with van der Waals surface area (Å²) in [4.78, 5) is 29.3. The Morgan fingerprint density at radius 2 is 1.84 bits per heavy atom. The van der Waals surface area contributed by atoms with Crippen LogP contribution in [0, 0.1) is 0 Å². The number of fused-ring (bicyclic) bond motifs is 1. The average Bonchev–Trinajstić information content (AvgIpc) is 3.03. The molecule has 0 aliphatic heterocycles. The number of aromatic nitrogens is 1. The minimum atomic E-state index is -0.351. The number of aromatic amines is 1. The molecule has 0 radical (unpaired) electrons. The Morgan fingerprint density at radius 3 is 2.64 bits per heavy atom. The summed E-state index contributed by atoms with van der Waals surface area (Å²) in [5.41, 5.74) is 8.19. The summed E-state index contributed by atoms with van der Waals surface area (Å²) in [6.45, 7) is 0. The third-order valence-electron chi connectivity index (χ3n) is 3.97. The van der Waals surface area contributed by atoms with Gasteiger partial charge in [0.15, 0.2) is 0 Å². The third-order valence-corrected chi connectivity index (χ3v) is 3.97. The van der Waals surface area contributed by atoms with Crippen molar-refractivity contribution in [3.63, 3.8) is 0 Å². The van der Waals surface area contributed by atoms with Crippen molar-refractivity contribution >= 4 is 28.4 Å². The number of nitrogens with one attached hydrogen (secondary N) is 3. The van der Waals surface area contributed by atoms with E-state index in [-0.39, 0.29) is 18.2 Å². The summed E-state index contributed by atoms with van der Waals surface area (Å²) >= 11 is 0. The molecule has 0 bridgehead atoms. The first kappa shape index (κ1) is 16.6. The number of carbonyl (C=O) groups is 2. The van der Waals surface area contributed by atoms with Crippen LogP contribution in [0.4, 0.5) is 5.69 Å². The maximum Gasteiger partial charge on any atom is 0.269 e. The number of para-hydroxylation sites is 1. The maximum absolute atomic E-state index is 12.2. The topological polar surface area (TPSA) is 77.2 Å². The second-order valence-corrected chi connectivity index (χ2v) is 5.98. The lowest BCUT2D eigenvalue weighted by Gasteiger charge is -2.13. The van der Waals surface area contributed by atoms with E-state index in [2.05, 4.69) is 15.8 Å². The molecule has 3 rings (SSSR count). The molecule has 0 aliphatic rings. The normalized spacial score (nSPS) is 10.5. The van der Waals surface area contributed by atoms with Gasteiger partial charge in [-0.1, -0.05) is 24.3 Å². The van der Waals surface area contributed by atoms with Gasteiger partial charge >= 0.3 is 0 Å². The Morgan fingerprint density at radius 1 is 1.04 bits per heavy atom. The molecule has 6 nitrogen and oxygen atoms in total. The second kappa shape index (κ2) is 7.09. The molecule has 2 amide bonds. The summed E-state index contributed by atoms with van der Waals surface area (Å²) in [6, 6.07) is 15.0. The van der Waals surface area contributed by atoms with E-state index < -0.39 is 0 Å². The maximum atomic E-state index is 12.2. The largest absolute Gasteiger partial charge is 0.378 e. The average molecular weight is 336 g/mol. The van der Waals surface area contributed by atoms with Crippen molar-refractivity contribution in [2.24, 2.45) is 0 Å². The van der Waals surface area contributed by atoms with Gasteiger partial charge in [0.2, 0.25) is 5.91 Å². The molecule has 3 N–H and O–H groups in total. The van der Waals surface area contributed by atoms with Gasteiger partial charge in [-0.2, -0.15) is 0 Å². The fourth-order valence-corrected chi connectivity index (χ4v) is 2.62. The van der Waals surface area contributed by atoms with Gasteiger partial charge in [0.25, 0.3) is 5.91 Å². The van der Waals surface area contributed by atoms with Crippen LogP contribution in [-0.2, 0) is 11.2 Å². The zero-order chi connectivity index (χ0) is 17.8. The number of carbonyl (C=O) groups excluding carboxylic acids is 2. The van der Waals surface area contributed by atoms with Gasteiger partial charge in [0.1, 0.15) is 0 Å². The Kier molecular flexibility index (Phi) is 4.70. The molecule has 0 aliphatic carbocycles. The van der Waals surface area contributed by atoms with Crippen LogP contribution < -0.4 is 15.8 Å². The van der Waals surface area contributed by atoms with Crippen LogP contribution in [0.15, 0.2) is 54.7 Å². The zero-order valence-corrected chi connectivity index (χ0v) is 14.2. The molecule has 0 atom stereocenters. The highest BCUT2D eigenvalue weighted by Gasteiger charge is 2.11. The first-order valence-corrected chi connectivity index (χ1v) is 7.96. The number of benzene rings is 2. The van der Waals surface area contributed by atoms with Gasteiger partial charge in [-0.05, 0) is 29.8 Å². The van der Waals surface area contributed by atoms with Crippen LogP contribution in [0.2, 0.25) is 0 Å². The highest BCUT2D eigenvalue weighted by atomic mass is 16.2. The van der Waals surface area contributed by atoms with Crippen molar-refractivity contribution in [1.29, 1.82) is 0 Å². The lowest BCUT2D eigenvalue weighted by molar-refractivity contribution is -0.121. The minimum absolute atomic E-state index is 0.183. The zero-order valence-electron chi connectivity index (χ0n) is 14.2. The lowest BCUT2D eigenvalue weighted by Crippen LogP contribution is -2.42. The number of rotatable bonds is 4. The van der Waals surface area contributed by atoms with E-state index in [1.165, 1.54) is 0 Å². The Labute approximate surface area is 145 Å². The van der Waals surface area contributed by atoms with Gasteiger partial charge in [0.05, 0.1) is 6.42 Å². The van der Waals surface area contributed by atoms with Crippen LogP contribution in [0.3, 0.4) is 0 Å². The Hall–Kier alpha value is -3.28. The number of H-pyrrole nitrogens is 1. The van der Waals surface area contributed by atoms with Crippen LogP contribution in [0.1, 0.15) is 15.9 Å². The molecule has 0 spiro atoms. The molecule has 1 heterocycles. The van der Waals surface area contributed by atoms with Crippen LogP contribution in [0.25, 0.3) is 10.9 Å². The predicted molar refractivity (Wildman–Crippen MR) is 98.4 cm³/mol. The van der Waals surface area contributed by atoms with Crippen molar-refractivity contribution in [3.05, 3.63) is 65.9 Å². The Bertz CT molecular complexity index is 914. The fourth-order valence-electron chi connectivity index (χ4n) is 2.62. The van der Waals surface area contributed by atoms with Crippen LogP contribution in [0.5, 0.6) is 0 Å². The van der Waals surface area contributed by atoms with E-state index in [4.69, 9.17) is 0 Å². The molecule has 0 saturated carbocycles. The third kappa shape index (κ3) is 3.80. The summed E-state index contributed by atoms with van der Waals surface area (Å²) in [6.07, 6.45) is 1.99. The van der Waals surface area contributed by atoms with E-state index in [9.17, 15) is 9.59 Å². The molecule has 2 aromatic carbocycles. The molecular formula is C19H20N4O2. The quantitative estimate of drug-likeness (QED) is 0.640. The van der Waals surface area contributed by atoms with Crippen molar-refractivity contribution in [2.45, 2.75) is 6.42 Å². The molecule has 0 saturated heterocycles. The number of hydrogen-bond donors (Lipinski definition) is 3. The van der Waals surface area contributed by atoms with E-state index in [0.717, 1.165) is 22.2 Å². The second-order valence-electron chi connectivity index (χ2n) is 5.98. The standard InChI is InChI=1S/C19H20N4O2/c1-23(2)15-7-5-6-13(10-15)19(25)22-21-18(24)11-14-12-20-17-9-4-3-8-16(14)17/h3-10,12,20H,11H2,1-2H3,(H,21,24)(H,22,25). The first-order chi connectivity index (χ1) is 12.0. The molecule has 1 aromatic heterocycles. The van der Waals surface area contributed by atoms with Crippen molar-refractivity contribution in [3.8, 4) is 0 Å². The molecule has 128 valence electrons. The minimum Gasteiger partial charge on any atom is -0.378 e. The monoisotopic (exact) mass is 336 g/mol. The molecule has 25 heavy (non-hydrogen) atoms. The fraction of sp³-hybridized carbons (Fsp3) is 0.158. The number of anilines is 1. The van der Waals surface area contributed by atoms with Crippen molar-refractivity contribution in [1.82, 2.24) is 15.8 Å². The summed E-state index contributed by atoms with van der Waals surface area (Å²) in [5.74, 6) is -0.627. The highest BCUT2D eigenvalue weighted by Crippen LogP contribution is 2.18. The smallest absolute Gasteiger partial charge is 0.269 e. The van der Waals surface area contributed by atoms with E-state index >= 15 is 0 Å². The molecule has 0 unspecified atom stereocenters. The van der Waals surface area contributed by atoms with E-state index in [0.29, 0.717) is 5.56 Å². The van der Waals surface area contributed by atoms with E-state index in [1.54, 1.807) is 18.2 Å². The van der Waals surface area contributed by atoms with Gasteiger partial charge in [0, 0.05) is 42.4 Å². The highest BCUT2D eigenvalue weighted by molar-refractivity contribution is 5.96. The van der Waals surface area contributed by atoms with Gasteiger partial charge in [-0.25, -0.2) is 0 Å². The Balaban J connectivity index is 1.60. The molecule has 3 aromatic rings. The summed E-state index contributed by atoms with van der Waals surface area (Å²) in [5, 5.41) is 1.00. The number of hydrogen-bond acceptors (Lipinski definition) is 3. The van der Waals surface area contributed by atoms with Gasteiger partial charge < -0.3 is 9.88 Å². The van der Waals surface area contributed by atoms with E-state index in [1.807, 2.05) is 55.5 Å². The van der Waals surface area contributed by atoms with Crippen LogP contribution >= 0.6 is 0 Å². The number of amides is 2. The van der Waals surface area contributed by atoms with Gasteiger partial charge in [-0.15, -0.1) is 0 Å². The first-order valence-electron chi connectivity index (χ1n) is 7.96. The van der Waals surface area contributed by atoms with Crippen molar-refractivity contribution in [2.75, 3.05) is 19.0 Å². The molecule has 0 fully saturated rings. The summed E-state index contributed by atoms with van der Waals surface area (Å²) in [7, 11) is 3.81. The number of nitrogens with zero attached hydrogens (tertiary/aromatic N) is 1. The van der Waals surface area contributed by atoms with Gasteiger partial charge in [-0.3, -0.25) is 20.4 Å². The SMILES string of the molecule is CN(C)c1cccc(C(=O)NNC(=O)Cc2c[nH]c3ccccc23)c1. The number of hydrazine groups is 1. The lowest BCUT2D eigenvalue weighted by atomic mass is 10.1. The van der Waals surface area contributed by atoms with Crippen molar-refractivity contribution < 1.29 is 9.59 Å². The summed E-state index contributed by atoms with van der Waals surface area (Å²) < 4.78 is 0.